The number of nitrogens with one attached hydrogen (secondary N) is 2. The highest BCUT2D eigenvalue weighted by Gasteiger charge is 2.15. The van der Waals surface area contributed by atoms with Crippen molar-refractivity contribution in [3.63, 3.8) is 0 Å². The van der Waals surface area contributed by atoms with Gasteiger partial charge in [0.25, 0.3) is 0 Å². The van der Waals surface area contributed by atoms with E-state index in [0.29, 0.717) is 6.54 Å². The average molecular weight is 273 g/mol. The molecular weight excluding hydrogens is 255 g/mol. The van der Waals surface area contributed by atoms with Crippen LogP contribution in [-0.4, -0.2) is 18.5 Å². The molecule has 0 aromatic heterocycles. The number of carbonyl (C=O) groups is 1. The number of carbonyl (C=O) groups excluding carboxylic acids is 1. The third-order valence-corrected chi connectivity index (χ3v) is 2.86. The summed E-state index contributed by atoms with van der Waals surface area (Å²) in [7, 11) is 0. The molecule has 3 nitrogen and oxygen atoms in total. The number of para-hydroxylation sites is 1. The first-order valence-electron chi connectivity index (χ1n) is 6.04. The Labute approximate surface area is 112 Å². The van der Waals surface area contributed by atoms with Gasteiger partial charge >= 0.3 is 0 Å². The highest BCUT2D eigenvalue weighted by molar-refractivity contribution is 6.33. The first-order chi connectivity index (χ1) is 8.56. The van der Waals surface area contributed by atoms with Crippen LogP contribution in [0.5, 0.6) is 0 Å². The van der Waals surface area contributed by atoms with Crippen LogP contribution in [0.3, 0.4) is 0 Å². The van der Waals surface area contributed by atoms with E-state index in [1.54, 1.807) is 13.0 Å². The summed E-state index contributed by atoms with van der Waals surface area (Å²) in [6, 6.07) is 3.87. The third kappa shape index (κ3) is 4.18. The molecule has 0 saturated carbocycles. The maximum Gasteiger partial charge on any atom is 0.242 e. The van der Waals surface area contributed by atoms with Crippen molar-refractivity contribution in [3.05, 3.63) is 29.0 Å². The Bertz CT molecular complexity index is 392. The molecule has 0 heterocycles. The van der Waals surface area contributed by atoms with Gasteiger partial charge in [0.1, 0.15) is 11.9 Å². The van der Waals surface area contributed by atoms with E-state index >= 15 is 0 Å². The van der Waals surface area contributed by atoms with Crippen LogP contribution in [0, 0.1) is 5.82 Å². The molecule has 0 radical (unpaired) electrons. The Morgan fingerprint density at radius 1 is 1.50 bits per heavy atom. The highest BCUT2D eigenvalue weighted by Crippen LogP contribution is 2.25. The largest absolute Gasteiger partial charge is 0.370 e. The molecule has 1 aromatic carbocycles. The van der Waals surface area contributed by atoms with Crippen molar-refractivity contribution < 1.29 is 9.18 Å². The van der Waals surface area contributed by atoms with Crippen molar-refractivity contribution in [3.8, 4) is 0 Å². The van der Waals surface area contributed by atoms with Gasteiger partial charge in [0, 0.05) is 6.54 Å². The minimum Gasteiger partial charge on any atom is -0.370 e. The number of halogens is 2. The Hall–Kier alpha value is -1.29. The van der Waals surface area contributed by atoms with Crippen molar-refractivity contribution in [1.29, 1.82) is 0 Å². The Kier molecular flexibility index (Phi) is 5.92. The molecule has 1 rings (SSSR count). The van der Waals surface area contributed by atoms with Gasteiger partial charge in [-0.15, -0.1) is 0 Å². The van der Waals surface area contributed by atoms with Gasteiger partial charge in [0.05, 0.1) is 10.7 Å². The van der Waals surface area contributed by atoms with Crippen LogP contribution in [0.2, 0.25) is 5.02 Å². The fourth-order valence-electron chi connectivity index (χ4n) is 1.46. The lowest BCUT2D eigenvalue weighted by Gasteiger charge is -2.16. The zero-order valence-electron chi connectivity index (χ0n) is 10.6. The van der Waals surface area contributed by atoms with Crippen LogP contribution < -0.4 is 10.6 Å². The lowest BCUT2D eigenvalue weighted by molar-refractivity contribution is -0.121. The molecule has 1 amide bonds. The zero-order chi connectivity index (χ0) is 13.5. The predicted octanol–water partition coefficient (Wildman–Crippen LogP) is 3.20. The summed E-state index contributed by atoms with van der Waals surface area (Å²) in [5, 5.41) is 5.83. The van der Waals surface area contributed by atoms with Gasteiger partial charge in [-0.2, -0.15) is 0 Å². The normalized spacial score (nSPS) is 12.0. The molecule has 0 spiro atoms. The lowest BCUT2D eigenvalue weighted by Crippen LogP contribution is -2.38. The molecular formula is C13H18ClFN2O. The van der Waals surface area contributed by atoms with E-state index in [1.807, 2.05) is 6.92 Å². The molecule has 0 fully saturated rings. The molecule has 0 aliphatic carbocycles. The van der Waals surface area contributed by atoms with E-state index in [9.17, 15) is 9.18 Å². The molecule has 2 N–H and O–H groups in total. The molecule has 0 aliphatic rings. The van der Waals surface area contributed by atoms with Gasteiger partial charge in [-0.25, -0.2) is 4.39 Å². The SMILES string of the molecule is CCCCNC(=O)C(C)Nc1c(F)cccc1Cl. The monoisotopic (exact) mass is 272 g/mol. The second-order valence-corrected chi connectivity index (χ2v) is 4.51. The fourth-order valence-corrected chi connectivity index (χ4v) is 1.68. The van der Waals surface area contributed by atoms with Gasteiger partial charge in [0.2, 0.25) is 5.91 Å². The van der Waals surface area contributed by atoms with E-state index in [1.165, 1.54) is 12.1 Å². The predicted molar refractivity (Wildman–Crippen MR) is 72.4 cm³/mol. The van der Waals surface area contributed by atoms with Crippen LogP contribution in [0.15, 0.2) is 18.2 Å². The summed E-state index contributed by atoms with van der Waals surface area (Å²) in [5.41, 5.74) is 0.164. The van der Waals surface area contributed by atoms with Gasteiger partial charge in [0.15, 0.2) is 0 Å². The van der Waals surface area contributed by atoms with Crippen LogP contribution >= 0.6 is 11.6 Å². The lowest BCUT2D eigenvalue weighted by atomic mass is 10.2. The standard InChI is InChI=1S/C13H18ClFN2O/c1-3-4-8-16-13(18)9(2)17-12-10(14)6-5-7-11(12)15/h5-7,9,17H,3-4,8H2,1-2H3,(H,16,18). The fraction of sp³-hybridized carbons (Fsp3) is 0.462. The third-order valence-electron chi connectivity index (χ3n) is 2.55. The molecule has 0 aliphatic heterocycles. The summed E-state index contributed by atoms with van der Waals surface area (Å²) in [6.07, 6.45) is 1.94. The summed E-state index contributed by atoms with van der Waals surface area (Å²) in [5.74, 6) is -0.626. The first-order valence-corrected chi connectivity index (χ1v) is 6.42. The van der Waals surface area contributed by atoms with Gasteiger partial charge in [-0.1, -0.05) is 31.0 Å². The minimum absolute atomic E-state index is 0.164. The van der Waals surface area contributed by atoms with Crippen molar-refractivity contribution >= 4 is 23.2 Å². The average Bonchev–Trinajstić information content (AvgIpc) is 2.34. The number of anilines is 1. The molecule has 5 heteroatoms. The molecule has 1 atom stereocenters. The van der Waals surface area contributed by atoms with E-state index < -0.39 is 11.9 Å². The van der Waals surface area contributed by atoms with E-state index in [-0.39, 0.29) is 16.6 Å². The van der Waals surface area contributed by atoms with Gasteiger partial charge < -0.3 is 10.6 Å². The summed E-state index contributed by atoms with van der Waals surface area (Å²) >= 11 is 5.87. The maximum atomic E-state index is 13.5. The highest BCUT2D eigenvalue weighted by atomic mass is 35.5. The van der Waals surface area contributed by atoms with Crippen molar-refractivity contribution in [1.82, 2.24) is 5.32 Å². The number of amides is 1. The quantitative estimate of drug-likeness (QED) is 0.781. The minimum atomic E-state index is -0.531. The van der Waals surface area contributed by atoms with Gasteiger partial charge in [-0.3, -0.25) is 4.79 Å². The van der Waals surface area contributed by atoms with E-state index in [2.05, 4.69) is 10.6 Å². The molecule has 1 aromatic rings. The molecule has 100 valence electrons. The van der Waals surface area contributed by atoms with Crippen LogP contribution in [-0.2, 0) is 4.79 Å². The van der Waals surface area contributed by atoms with E-state index in [0.717, 1.165) is 12.8 Å². The maximum absolute atomic E-state index is 13.5. The van der Waals surface area contributed by atoms with Crippen molar-refractivity contribution in [2.45, 2.75) is 32.7 Å². The Morgan fingerprint density at radius 3 is 2.83 bits per heavy atom. The number of hydrogen-bond donors (Lipinski definition) is 2. The smallest absolute Gasteiger partial charge is 0.242 e. The van der Waals surface area contributed by atoms with Crippen LogP contribution in [0.1, 0.15) is 26.7 Å². The number of hydrogen-bond acceptors (Lipinski definition) is 2. The van der Waals surface area contributed by atoms with Crippen molar-refractivity contribution in [2.75, 3.05) is 11.9 Å². The molecule has 0 bridgehead atoms. The topological polar surface area (TPSA) is 41.1 Å². The van der Waals surface area contributed by atoms with E-state index in [4.69, 9.17) is 11.6 Å². The van der Waals surface area contributed by atoms with Crippen molar-refractivity contribution in [2.24, 2.45) is 0 Å². The Morgan fingerprint density at radius 2 is 2.22 bits per heavy atom. The first kappa shape index (κ1) is 14.8. The van der Waals surface area contributed by atoms with Gasteiger partial charge in [-0.05, 0) is 25.5 Å². The Balaban J connectivity index is 2.58. The number of benzene rings is 1. The van der Waals surface area contributed by atoms with Crippen LogP contribution in [0.4, 0.5) is 10.1 Å². The second-order valence-electron chi connectivity index (χ2n) is 4.11. The summed E-state index contributed by atoms with van der Waals surface area (Å²) in [6.45, 7) is 4.35. The molecule has 1 unspecified atom stereocenters. The second kappa shape index (κ2) is 7.21. The molecule has 0 saturated heterocycles. The summed E-state index contributed by atoms with van der Waals surface area (Å²) < 4.78 is 13.5. The van der Waals surface area contributed by atoms with Crippen LogP contribution in [0.25, 0.3) is 0 Å². The number of unbranched alkanes of at least 4 members (excludes halogenated alkanes) is 1. The number of rotatable bonds is 6. The zero-order valence-corrected chi connectivity index (χ0v) is 11.4. The molecule has 18 heavy (non-hydrogen) atoms. The summed E-state index contributed by atoms with van der Waals surface area (Å²) in [4.78, 5) is 11.7.